The normalized spacial score (nSPS) is 11.9. The lowest BCUT2D eigenvalue weighted by Crippen LogP contribution is -2.29. The Labute approximate surface area is 202 Å². The molecule has 0 spiro atoms. The fourth-order valence-electron chi connectivity index (χ4n) is 4.12. The molecule has 1 atom stereocenters. The number of nitrogens with zero attached hydrogens (tertiary/aromatic N) is 3. The van der Waals surface area contributed by atoms with Crippen LogP contribution in [-0.4, -0.2) is 39.7 Å². The quantitative estimate of drug-likeness (QED) is 0.331. The molecule has 1 unspecified atom stereocenters. The first kappa shape index (κ1) is 22.3. The molecule has 0 aliphatic rings. The van der Waals surface area contributed by atoms with E-state index in [4.69, 9.17) is 9.26 Å². The van der Waals surface area contributed by atoms with Crippen molar-refractivity contribution in [3.05, 3.63) is 96.3 Å². The van der Waals surface area contributed by atoms with Gasteiger partial charge in [-0.15, -0.1) is 0 Å². The summed E-state index contributed by atoms with van der Waals surface area (Å²) in [5, 5.41) is 8.21. The van der Waals surface area contributed by atoms with E-state index in [2.05, 4.69) is 31.5 Å². The van der Waals surface area contributed by atoms with Crippen LogP contribution in [0.1, 0.15) is 29.4 Å². The molecule has 2 N–H and O–H groups in total. The molecule has 0 aliphatic carbocycles. The molecule has 176 valence electrons. The molecule has 8 heteroatoms. The van der Waals surface area contributed by atoms with Crippen molar-refractivity contribution in [1.82, 2.24) is 25.4 Å². The average molecular weight is 468 g/mol. The van der Waals surface area contributed by atoms with Crippen LogP contribution in [0, 0.1) is 0 Å². The van der Waals surface area contributed by atoms with Gasteiger partial charge in [-0.3, -0.25) is 9.78 Å². The van der Waals surface area contributed by atoms with Gasteiger partial charge < -0.3 is 19.6 Å². The first-order valence-corrected chi connectivity index (χ1v) is 11.4. The van der Waals surface area contributed by atoms with E-state index in [1.165, 1.54) is 0 Å². The highest BCUT2D eigenvalue weighted by atomic mass is 16.5. The lowest BCUT2D eigenvalue weighted by atomic mass is 9.90. The van der Waals surface area contributed by atoms with Gasteiger partial charge in [0.1, 0.15) is 5.75 Å². The molecular weight excluding hydrogens is 442 g/mol. The number of methoxy groups -OCH3 is 1. The molecule has 3 heterocycles. The standard InChI is InChI=1S/C27H25N5O3/c1-34-20-10-8-18(9-11-20)22(23-17-29-24-7-3-2-6-21(23)24)16-30-25(33)12-13-26-31-27(32-35-26)19-5-4-14-28-15-19/h2-11,14-15,17,22,29H,12-13,16H2,1H3,(H,30,33). The summed E-state index contributed by atoms with van der Waals surface area (Å²) in [6.45, 7) is 0.456. The van der Waals surface area contributed by atoms with Crippen LogP contribution >= 0.6 is 0 Å². The number of hydrogen-bond donors (Lipinski definition) is 2. The average Bonchev–Trinajstić information content (AvgIpc) is 3.56. The van der Waals surface area contributed by atoms with Crippen LogP contribution < -0.4 is 10.1 Å². The second kappa shape index (κ2) is 10.2. The van der Waals surface area contributed by atoms with Gasteiger partial charge in [-0.1, -0.05) is 35.5 Å². The number of benzene rings is 2. The zero-order valence-electron chi connectivity index (χ0n) is 19.3. The van der Waals surface area contributed by atoms with Gasteiger partial charge in [-0.05, 0) is 41.5 Å². The number of para-hydroxylation sites is 1. The summed E-state index contributed by atoms with van der Waals surface area (Å²) in [6.07, 6.45) is 5.98. The Morgan fingerprint density at radius 3 is 2.77 bits per heavy atom. The van der Waals surface area contributed by atoms with E-state index in [0.29, 0.717) is 24.7 Å². The number of H-pyrrole nitrogens is 1. The molecular formula is C27H25N5O3. The summed E-state index contributed by atoms with van der Waals surface area (Å²) < 4.78 is 10.6. The minimum atomic E-state index is -0.0792. The van der Waals surface area contributed by atoms with Crippen LogP contribution in [0.15, 0.2) is 83.8 Å². The topological polar surface area (TPSA) is 106 Å². The number of amides is 1. The van der Waals surface area contributed by atoms with Crippen molar-refractivity contribution in [2.24, 2.45) is 0 Å². The van der Waals surface area contributed by atoms with E-state index in [0.717, 1.165) is 33.3 Å². The number of carbonyl (C=O) groups excluding carboxylic acids is 1. The summed E-state index contributed by atoms with van der Waals surface area (Å²) in [5.74, 6) is 1.57. The van der Waals surface area contributed by atoms with Gasteiger partial charge in [-0.25, -0.2) is 0 Å². The first-order valence-electron chi connectivity index (χ1n) is 11.4. The lowest BCUT2D eigenvalue weighted by molar-refractivity contribution is -0.121. The van der Waals surface area contributed by atoms with Crippen LogP contribution in [-0.2, 0) is 11.2 Å². The number of carbonyl (C=O) groups is 1. The fraction of sp³-hybridized carbons (Fsp3) is 0.185. The Bertz CT molecular complexity index is 1410. The minimum Gasteiger partial charge on any atom is -0.497 e. The number of rotatable bonds is 9. The highest BCUT2D eigenvalue weighted by molar-refractivity contribution is 5.84. The first-order chi connectivity index (χ1) is 17.2. The third kappa shape index (κ3) is 5.06. The minimum absolute atomic E-state index is 0.0263. The van der Waals surface area contributed by atoms with Crippen LogP contribution in [0.5, 0.6) is 5.75 Å². The number of ether oxygens (including phenoxy) is 1. The number of nitrogens with one attached hydrogen (secondary N) is 2. The van der Waals surface area contributed by atoms with Crippen molar-refractivity contribution in [2.75, 3.05) is 13.7 Å². The lowest BCUT2D eigenvalue weighted by Gasteiger charge is -2.18. The van der Waals surface area contributed by atoms with Crippen molar-refractivity contribution in [3.63, 3.8) is 0 Å². The molecule has 3 aromatic heterocycles. The molecule has 0 bridgehead atoms. The summed E-state index contributed by atoms with van der Waals surface area (Å²) in [5.41, 5.74) is 4.05. The monoisotopic (exact) mass is 467 g/mol. The Kier molecular flexibility index (Phi) is 6.52. The molecule has 0 fully saturated rings. The van der Waals surface area contributed by atoms with E-state index in [1.807, 2.05) is 60.8 Å². The smallest absolute Gasteiger partial charge is 0.227 e. The maximum atomic E-state index is 12.7. The SMILES string of the molecule is COc1ccc(C(CNC(=O)CCc2nc(-c3cccnc3)no2)c2c[nH]c3ccccc23)cc1. The second-order valence-electron chi connectivity index (χ2n) is 8.17. The highest BCUT2D eigenvalue weighted by Crippen LogP contribution is 2.31. The Balaban J connectivity index is 1.27. The zero-order chi connectivity index (χ0) is 24.0. The number of fused-ring (bicyclic) bond motifs is 1. The highest BCUT2D eigenvalue weighted by Gasteiger charge is 2.20. The maximum Gasteiger partial charge on any atom is 0.227 e. The molecule has 1 amide bonds. The van der Waals surface area contributed by atoms with Gasteiger partial charge in [0.25, 0.3) is 0 Å². The van der Waals surface area contributed by atoms with E-state index >= 15 is 0 Å². The molecule has 2 aromatic carbocycles. The maximum absolute atomic E-state index is 12.7. The molecule has 0 saturated carbocycles. The largest absolute Gasteiger partial charge is 0.497 e. The van der Waals surface area contributed by atoms with Crippen molar-refractivity contribution in [3.8, 4) is 17.1 Å². The van der Waals surface area contributed by atoms with Gasteiger partial charge in [0.05, 0.1) is 7.11 Å². The predicted molar refractivity (Wildman–Crippen MR) is 132 cm³/mol. The third-order valence-electron chi connectivity index (χ3n) is 5.97. The van der Waals surface area contributed by atoms with Gasteiger partial charge in [0.2, 0.25) is 17.6 Å². The summed E-state index contributed by atoms with van der Waals surface area (Å²) in [6, 6.07) is 19.8. The number of pyridine rings is 1. The van der Waals surface area contributed by atoms with Crippen molar-refractivity contribution in [2.45, 2.75) is 18.8 Å². The summed E-state index contributed by atoms with van der Waals surface area (Å²) in [7, 11) is 1.65. The number of aromatic nitrogens is 4. The van der Waals surface area contributed by atoms with E-state index in [1.54, 1.807) is 19.5 Å². The van der Waals surface area contributed by atoms with Crippen LogP contribution in [0.2, 0.25) is 0 Å². The molecule has 8 nitrogen and oxygen atoms in total. The van der Waals surface area contributed by atoms with Gasteiger partial charge in [0, 0.05) is 60.4 Å². The molecule has 5 rings (SSSR count). The van der Waals surface area contributed by atoms with Crippen molar-refractivity contribution < 1.29 is 14.1 Å². The Hall–Kier alpha value is -4.46. The van der Waals surface area contributed by atoms with Crippen LogP contribution in [0.4, 0.5) is 0 Å². The predicted octanol–water partition coefficient (Wildman–Crippen LogP) is 4.50. The number of hydrogen-bond acceptors (Lipinski definition) is 6. The Morgan fingerprint density at radius 2 is 1.97 bits per heavy atom. The van der Waals surface area contributed by atoms with Gasteiger partial charge in [0.15, 0.2) is 0 Å². The third-order valence-corrected chi connectivity index (χ3v) is 5.97. The summed E-state index contributed by atoms with van der Waals surface area (Å²) >= 11 is 0. The molecule has 0 aliphatic heterocycles. The molecule has 0 radical (unpaired) electrons. The van der Waals surface area contributed by atoms with Gasteiger partial charge in [-0.2, -0.15) is 4.98 Å². The summed E-state index contributed by atoms with van der Waals surface area (Å²) in [4.78, 5) is 24.5. The molecule has 0 saturated heterocycles. The van der Waals surface area contributed by atoms with Crippen LogP contribution in [0.25, 0.3) is 22.3 Å². The second-order valence-corrected chi connectivity index (χ2v) is 8.17. The van der Waals surface area contributed by atoms with Crippen molar-refractivity contribution >= 4 is 16.8 Å². The van der Waals surface area contributed by atoms with E-state index < -0.39 is 0 Å². The van der Waals surface area contributed by atoms with Gasteiger partial charge >= 0.3 is 0 Å². The molecule has 5 aromatic rings. The fourth-order valence-corrected chi connectivity index (χ4v) is 4.12. The van der Waals surface area contributed by atoms with E-state index in [9.17, 15) is 4.79 Å². The zero-order valence-corrected chi connectivity index (χ0v) is 19.3. The van der Waals surface area contributed by atoms with Crippen molar-refractivity contribution in [1.29, 1.82) is 0 Å². The Morgan fingerprint density at radius 1 is 1.11 bits per heavy atom. The number of aryl methyl sites for hydroxylation is 1. The number of aromatic amines is 1. The molecule has 35 heavy (non-hydrogen) atoms. The van der Waals surface area contributed by atoms with E-state index in [-0.39, 0.29) is 18.2 Å². The van der Waals surface area contributed by atoms with Crippen LogP contribution in [0.3, 0.4) is 0 Å².